The summed E-state index contributed by atoms with van der Waals surface area (Å²) in [6, 6.07) is 11.9. The fourth-order valence-electron chi connectivity index (χ4n) is 2.86. The van der Waals surface area contributed by atoms with Crippen molar-refractivity contribution in [2.24, 2.45) is 0 Å². The van der Waals surface area contributed by atoms with Gasteiger partial charge in [0.05, 0.1) is 25.4 Å². The number of hydrogen-bond donors (Lipinski definition) is 0. The third-order valence-corrected chi connectivity index (χ3v) is 6.02. The first-order valence-electron chi connectivity index (χ1n) is 7.82. The number of para-hydroxylation sites is 1. The normalized spacial score (nSPS) is 11.1. The Balaban J connectivity index is 1.84. The van der Waals surface area contributed by atoms with Crippen molar-refractivity contribution in [3.05, 3.63) is 68.9 Å². The maximum absolute atomic E-state index is 13.1. The van der Waals surface area contributed by atoms with Crippen LogP contribution >= 0.6 is 22.7 Å². The van der Waals surface area contributed by atoms with Crippen molar-refractivity contribution in [1.29, 1.82) is 0 Å². The largest absolute Gasteiger partial charge is 0.496 e. The van der Waals surface area contributed by atoms with E-state index in [1.165, 1.54) is 16.2 Å². The van der Waals surface area contributed by atoms with Crippen LogP contribution in [0.4, 0.5) is 0 Å². The van der Waals surface area contributed by atoms with E-state index in [0.29, 0.717) is 11.9 Å². The lowest BCUT2D eigenvalue weighted by atomic mass is 10.2. The average Bonchev–Trinajstić information content (AvgIpc) is 3.24. The summed E-state index contributed by atoms with van der Waals surface area (Å²) >= 11 is 3.21. The molecule has 0 aliphatic heterocycles. The quantitative estimate of drug-likeness (QED) is 0.531. The Kier molecular flexibility index (Phi) is 4.15. The first-order valence-corrected chi connectivity index (χ1v) is 9.52. The van der Waals surface area contributed by atoms with Crippen molar-refractivity contribution >= 4 is 32.9 Å². The molecule has 126 valence electrons. The van der Waals surface area contributed by atoms with Gasteiger partial charge >= 0.3 is 0 Å². The third-order valence-electron chi connectivity index (χ3n) is 4.10. The highest BCUT2D eigenvalue weighted by Crippen LogP contribution is 2.35. The molecular weight excluding hydrogens is 352 g/mol. The van der Waals surface area contributed by atoms with Gasteiger partial charge in [-0.15, -0.1) is 22.7 Å². The topological polar surface area (TPSA) is 44.1 Å². The zero-order valence-corrected chi connectivity index (χ0v) is 15.5. The second-order valence-electron chi connectivity index (χ2n) is 5.73. The van der Waals surface area contributed by atoms with Gasteiger partial charge in [0.25, 0.3) is 5.56 Å². The van der Waals surface area contributed by atoms with Gasteiger partial charge in [0.15, 0.2) is 0 Å². The molecule has 25 heavy (non-hydrogen) atoms. The maximum atomic E-state index is 13.1. The van der Waals surface area contributed by atoms with Crippen LogP contribution in [0, 0.1) is 6.92 Å². The molecule has 4 aromatic rings. The zero-order chi connectivity index (χ0) is 17.4. The molecule has 3 heterocycles. The summed E-state index contributed by atoms with van der Waals surface area (Å²) in [7, 11) is 1.64. The number of benzene rings is 1. The summed E-state index contributed by atoms with van der Waals surface area (Å²) < 4.78 is 7.04. The van der Waals surface area contributed by atoms with E-state index in [0.717, 1.165) is 26.6 Å². The fourth-order valence-corrected chi connectivity index (χ4v) is 4.72. The van der Waals surface area contributed by atoms with Gasteiger partial charge in [0.1, 0.15) is 10.6 Å². The van der Waals surface area contributed by atoms with Crippen LogP contribution in [0.1, 0.15) is 10.4 Å². The molecule has 3 aromatic heterocycles. The van der Waals surface area contributed by atoms with E-state index in [1.54, 1.807) is 29.3 Å². The molecule has 4 rings (SSSR count). The predicted octanol–water partition coefficient (Wildman–Crippen LogP) is 4.55. The molecule has 0 aliphatic carbocycles. The number of hydrogen-bond acceptors (Lipinski definition) is 5. The smallest absolute Gasteiger partial charge is 0.263 e. The van der Waals surface area contributed by atoms with Crippen LogP contribution in [0.25, 0.3) is 20.7 Å². The molecule has 0 aliphatic rings. The fraction of sp³-hybridized carbons (Fsp3) is 0.158. The van der Waals surface area contributed by atoms with Gasteiger partial charge in [-0.2, -0.15) is 0 Å². The molecule has 0 atom stereocenters. The van der Waals surface area contributed by atoms with E-state index in [1.807, 2.05) is 29.6 Å². The number of aryl methyl sites for hydroxylation is 1. The molecular formula is C19H16N2O2S2. The van der Waals surface area contributed by atoms with E-state index in [9.17, 15) is 4.79 Å². The summed E-state index contributed by atoms with van der Waals surface area (Å²) in [4.78, 5) is 20.7. The molecule has 0 bridgehead atoms. The zero-order valence-electron chi connectivity index (χ0n) is 13.9. The standard InChI is InChI=1S/C19H16N2O2S2/c1-12-7-8-16(25-12)14-10-24-18-17(14)19(22)21(11-20-18)9-13-5-3-4-6-15(13)23-2/h3-8,10-11H,9H2,1-2H3. The molecule has 1 aromatic carbocycles. The minimum atomic E-state index is -0.0155. The Labute approximate surface area is 153 Å². The first-order chi connectivity index (χ1) is 12.2. The molecule has 0 amide bonds. The highest BCUT2D eigenvalue weighted by atomic mass is 32.1. The van der Waals surface area contributed by atoms with Crippen LogP contribution in [-0.4, -0.2) is 16.7 Å². The Morgan fingerprint density at radius 3 is 2.80 bits per heavy atom. The molecule has 0 spiro atoms. The highest BCUT2D eigenvalue weighted by Gasteiger charge is 2.15. The van der Waals surface area contributed by atoms with Gasteiger partial charge in [-0.25, -0.2) is 4.98 Å². The van der Waals surface area contributed by atoms with E-state index in [4.69, 9.17) is 4.74 Å². The van der Waals surface area contributed by atoms with Gasteiger partial charge in [-0.1, -0.05) is 18.2 Å². The van der Waals surface area contributed by atoms with Gasteiger partial charge in [0.2, 0.25) is 0 Å². The van der Waals surface area contributed by atoms with Crippen LogP contribution < -0.4 is 10.3 Å². The Morgan fingerprint density at radius 2 is 2.04 bits per heavy atom. The van der Waals surface area contributed by atoms with Gasteiger partial charge in [0, 0.05) is 26.3 Å². The van der Waals surface area contributed by atoms with E-state index in [2.05, 4.69) is 24.0 Å². The van der Waals surface area contributed by atoms with Crippen molar-refractivity contribution in [2.45, 2.75) is 13.5 Å². The van der Waals surface area contributed by atoms with Crippen molar-refractivity contribution in [3.63, 3.8) is 0 Å². The summed E-state index contributed by atoms with van der Waals surface area (Å²) in [6.45, 7) is 2.51. The number of nitrogens with zero attached hydrogens (tertiary/aromatic N) is 2. The Hall–Kier alpha value is -2.44. The number of aromatic nitrogens is 2. The van der Waals surface area contributed by atoms with Crippen LogP contribution in [0.3, 0.4) is 0 Å². The number of ether oxygens (including phenoxy) is 1. The van der Waals surface area contributed by atoms with Crippen LogP contribution in [0.15, 0.2) is 52.9 Å². The van der Waals surface area contributed by atoms with E-state index >= 15 is 0 Å². The second-order valence-corrected chi connectivity index (χ2v) is 7.88. The predicted molar refractivity (Wildman–Crippen MR) is 104 cm³/mol. The van der Waals surface area contributed by atoms with Crippen LogP contribution in [0.5, 0.6) is 5.75 Å². The average molecular weight is 368 g/mol. The molecule has 0 radical (unpaired) electrons. The minimum Gasteiger partial charge on any atom is -0.496 e. The monoisotopic (exact) mass is 368 g/mol. The van der Waals surface area contributed by atoms with Crippen molar-refractivity contribution in [3.8, 4) is 16.2 Å². The first kappa shape index (κ1) is 16.1. The Morgan fingerprint density at radius 1 is 1.20 bits per heavy atom. The molecule has 4 nitrogen and oxygen atoms in total. The van der Waals surface area contributed by atoms with Crippen molar-refractivity contribution in [2.75, 3.05) is 7.11 Å². The van der Waals surface area contributed by atoms with Crippen LogP contribution in [-0.2, 0) is 6.54 Å². The number of fused-ring (bicyclic) bond motifs is 1. The number of methoxy groups -OCH3 is 1. The van der Waals surface area contributed by atoms with E-state index in [-0.39, 0.29) is 5.56 Å². The Bertz CT molecular complexity index is 1110. The molecule has 0 unspecified atom stereocenters. The second kappa shape index (κ2) is 6.46. The summed E-state index contributed by atoms with van der Waals surface area (Å²) in [5.74, 6) is 0.772. The lowest BCUT2D eigenvalue weighted by molar-refractivity contribution is 0.408. The van der Waals surface area contributed by atoms with Gasteiger partial charge < -0.3 is 4.74 Å². The lowest BCUT2D eigenvalue weighted by Gasteiger charge is -2.10. The lowest BCUT2D eigenvalue weighted by Crippen LogP contribution is -2.21. The number of thiophene rings is 2. The summed E-state index contributed by atoms with van der Waals surface area (Å²) in [5.41, 5.74) is 1.92. The molecule has 0 saturated carbocycles. The molecule has 0 fully saturated rings. The van der Waals surface area contributed by atoms with Gasteiger partial charge in [-0.05, 0) is 25.1 Å². The van der Waals surface area contributed by atoms with Crippen LogP contribution in [0.2, 0.25) is 0 Å². The third kappa shape index (κ3) is 2.88. The minimum absolute atomic E-state index is 0.0155. The van der Waals surface area contributed by atoms with Crippen molar-refractivity contribution < 1.29 is 4.74 Å². The van der Waals surface area contributed by atoms with E-state index < -0.39 is 0 Å². The van der Waals surface area contributed by atoms with Crippen molar-refractivity contribution in [1.82, 2.24) is 9.55 Å². The SMILES string of the molecule is COc1ccccc1Cn1cnc2scc(-c3ccc(C)s3)c2c1=O. The molecule has 6 heteroatoms. The number of rotatable bonds is 4. The molecule has 0 N–H and O–H groups in total. The van der Waals surface area contributed by atoms with Gasteiger partial charge in [-0.3, -0.25) is 9.36 Å². The highest BCUT2D eigenvalue weighted by molar-refractivity contribution is 7.19. The summed E-state index contributed by atoms with van der Waals surface area (Å²) in [5, 5.41) is 2.72. The summed E-state index contributed by atoms with van der Waals surface area (Å²) in [6.07, 6.45) is 1.62. The molecule has 0 saturated heterocycles. The maximum Gasteiger partial charge on any atom is 0.263 e.